The highest BCUT2D eigenvalue weighted by Gasteiger charge is 2.21. The van der Waals surface area contributed by atoms with Crippen molar-refractivity contribution < 1.29 is 14.0 Å². The lowest BCUT2D eigenvalue weighted by atomic mass is 10.2. The maximum atomic E-state index is 13.7. The summed E-state index contributed by atoms with van der Waals surface area (Å²) < 4.78 is 13.7. The van der Waals surface area contributed by atoms with E-state index in [1.165, 1.54) is 17.8 Å². The summed E-state index contributed by atoms with van der Waals surface area (Å²) >= 11 is 7.07. The number of hydrogen-bond acceptors (Lipinski definition) is 3. The fraction of sp³-hybridized carbons (Fsp3) is 0.300. The normalized spacial score (nSPS) is 13.9. The van der Waals surface area contributed by atoms with E-state index in [-0.39, 0.29) is 23.4 Å². The van der Waals surface area contributed by atoms with Crippen molar-refractivity contribution in [3.8, 4) is 0 Å². The van der Waals surface area contributed by atoms with Crippen LogP contribution in [0, 0.1) is 5.82 Å². The molecule has 1 heterocycles. The van der Waals surface area contributed by atoms with Gasteiger partial charge in [-0.3, -0.25) is 9.59 Å². The predicted molar refractivity (Wildman–Crippen MR) is 107 cm³/mol. The van der Waals surface area contributed by atoms with Gasteiger partial charge in [0.05, 0.1) is 5.75 Å². The second-order valence-corrected chi connectivity index (χ2v) is 7.75. The summed E-state index contributed by atoms with van der Waals surface area (Å²) in [6, 6.07) is 12.2. The van der Waals surface area contributed by atoms with Gasteiger partial charge in [0.15, 0.2) is 0 Å². The van der Waals surface area contributed by atoms with E-state index < -0.39 is 0 Å². The zero-order valence-corrected chi connectivity index (χ0v) is 16.3. The van der Waals surface area contributed by atoms with Crippen LogP contribution in [0.3, 0.4) is 0 Å². The van der Waals surface area contributed by atoms with Crippen molar-refractivity contribution >= 4 is 40.9 Å². The molecule has 0 bridgehead atoms. The van der Waals surface area contributed by atoms with Crippen molar-refractivity contribution in [1.29, 1.82) is 0 Å². The standard InChI is InChI=1S/C20H20ClFN2O2S/c21-16-7-6-15(18(22)10-16)12-27-13-19(25)23-11-14-3-1-4-17(9-14)24-8-2-5-20(24)26/h1,3-4,6-7,9-10H,2,5,8,11-13H2,(H,23,25). The molecule has 1 aliphatic rings. The second kappa shape index (κ2) is 9.24. The Morgan fingerprint density at radius 1 is 1.26 bits per heavy atom. The van der Waals surface area contributed by atoms with Gasteiger partial charge in [0.25, 0.3) is 0 Å². The summed E-state index contributed by atoms with van der Waals surface area (Å²) in [5, 5.41) is 3.22. The average Bonchev–Trinajstić information content (AvgIpc) is 3.08. The van der Waals surface area contributed by atoms with Crippen molar-refractivity contribution in [3.05, 3.63) is 64.4 Å². The molecule has 1 saturated heterocycles. The smallest absolute Gasteiger partial charge is 0.230 e. The molecule has 0 radical (unpaired) electrons. The van der Waals surface area contributed by atoms with Gasteiger partial charge < -0.3 is 10.2 Å². The van der Waals surface area contributed by atoms with Crippen LogP contribution in [0.2, 0.25) is 5.02 Å². The van der Waals surface area contributed by atoms with Crippen LogP contribution in [0.1, 0.15) is 24.0 Å². The number of nitrogens with zero attached hydrogens (tertiary/aromatic N) is 1. The minimum atomic E-state index is -0.358. The molecule has 1 aliphatic heterocycles. The molecule has 1 fully saturated rings. The molecule has 142 valence electrons. The predicted octanol–water partition coefficient (Wildman–Crippen LogP) is 4.16. The van der Waals surface area contributed by atoms with E-state index in [0.717, 1.165) is 24.2 Å². The molecule has 0 aromatic heterocycles. The summed E-state index contributed by atoms with van der Waals surface area (Å²) in [4.78, 5) is 25.7. The van der Waals surface area contributed by atoms with Gasteiger partial charge in [0.2, 0.25) is 11.8 Å². The Morgan fingerprint density at radius 3 is 2.85 bits per heavy atom. The number of benzene rings is 2. The van der Waals surface area contributed by atoms with E-state index in [1.54, 1.807) is 17.0 Å². The number of anilines is 1. The fourth-order valence-corrected chi connectivity index (χ4v) is 3.90. The molecule has 0 saturated carbocycles. The average molecular weight is 407 g/mol. The largest absolute Gasteiger partial charge is 0.351 e. The number of rotatable bonds is 7. The second-order valence-electron chi connectivity index (χ2n) is 6.32. The number of carbonyl (C=O) groups is 2. The van der Waals surface area contributed by atoms with Gasteiger partial charge in [-0.25, -0.2) is 4.39 Å². The lowest BCUT2D eigenvalue weighted by Crippen LogP contribution is -2.26. The Morgan fingerprint density at radius 2 is 2.11 bits per heavy atom. The van der Waals surface area contributed by atoms with E-state index in [0.29, 0.717) is 29.3 Å². The Hall–Kier alpha value is -2.05. The van der Waals surface area contributed by atoms with Crippen LogP contribution in [-0.4, -0.2) is 24.1 Å². The topological polar surface area (TPSA) is 49.4 Å². The van der Waals surface area contributed by atoms with E-state index in [9.17, 15) is 14.0 Å². The summed E-state index contributed by atoms with van der Waals surface area (Å²) in [5.74, 6) is 0.317. The monoisotopic (exact) mass is 406 g/mol. The summed E-state index contributed by atoms with van der Waals surface area (Å²) in [5.41, 5.74) is 2.34. The Kier molecular flexibility index (Phi) is 6.74. The van der Waals surface area contributed by atoms with E-state index >= 15 is 0 Å². The molecule has 3 rings (SSSR count). The third-order valence-corrected chi connectivity index (χ3v) is 5.51. The molecule has 0 unspecified atom stereocenters. The number of hydrogen-bond donors (Lipinski definition) is 1. The lowest BCUT2D eigenvalue weighted by Gasteiger charge is -2.16. The zero-order chi connectivity index (χ0) is 19.2. The minimum absolute atomic E-state index is 0.114. The molecule has 0 spiro atoms. The summed E-state index contributed by atoms with van der Waals surface area (Å²) in [6.07, 6.45) is 1.47. The van der Waals surface area contributed by atoms with Crippen molar-refractivity contribution in [3.63, 3.8) is 0 Å². The molecular weight excluding hydrogens is 387 g/mol. The SMILES string of the molecule is O=C(CSCc1ccc(Cl)cc1F)NCc1cccc(N2CCCC2=O)c1. The van der Waals surface area contributed by atoms with Crippen molar-refractivity contribution in [2.45, 2.75) is 25.1 Å². The molecule has 2 aromatic rings. The number of carbonyl (C=O) groups excluding carboxylic acids is 2. The first-order chi connectivity index (χ1) is 13.0. The van der Waals surface area contributed by atoms with Crippen molar-refractivity contribution in [2.24, 2.45) is 0 Å². The highest BCUT2D eigenvalue weighted by molar-refractivity contribution is 7.99. The van der Waals surface area contributed by atoms with Crippen LogP contribution in [0.5, 0.6) is 0 Å². The van der Waals surface area contributed by atoms with Crippen molar-refractivity contribution in [1.82, 2.24) is 5.32 Å². The molecule has 4 nitrogen and oxygen atoms in total. The molecular formula is C20H20ClFN2O2S. The molecule has 2 aromatic carbocycles. The van der Waals surface area contributed by atoms with Crippen LogP contribution < -0.4 is 10.2 Å². The molecule has 2 amide bonds. The minimum Gasteiger partial charge on any atom is -0.351 e. The number of amides is 2. The number of nitrogens with one attached hydrogen (secondary N) is 1. The number of thioether (sulfide) groups is 1. The fourth-order valence-electron chi connectivity index (χ4n) is 2.90. The van der Waals surface area contributed by atoms with E-state index in [1.807, 2.05) is 24.3 Å². The first-order valence-corrected chi connectivity index (χ1v) is 10.2. The van der Waals surface area contributed by atoms with Crippen molar-refractivity contribution in [2.75, 3.05) is 17.2 Å². The van der Waals surface area contributed by atoms with E-state index in [4.69, 9.17) is 11.6 Å². The Balaban J connectivity index is 1.46. The summed E-state index contributed by atoms with van der Waals surface area (Å²) in [6.45, 7) is 1.14. The number of halogens is 2. The highest BCUT2D eigenvalue weighted by Crippen LogP contribution is 2.22. The van der Waals surface area contributed by atoms with Crippen LogP contribution >= 0.6 is 23.4 Å². The first-order valence-electron chi connectivity index (χ1n) is 8.70. The summed E-state index contributed by atoms with van der Waals surface area (Å²) in [7, 11) is 0. The van der Waals surface area contributed by atoms with Crippen LogP contribution in [0.4, 0.5) is 10.1 Å². The molecule has 0 aliphatic carbocycles. The van der Waals surface area contributed by atoms with E-state index in [2.05, 4.69) is 5.32 Å². The van der Waals surface area contributed by atoms with Crippen LogP contribution in [-0.2, 0) is 21.9 Å². The Bertz CT molecular complexity index is 846. The van der Waals surface area contributed by atoms with Gasteiger partial charge in [0.1, 0.15) is 5.82 Å². The van der Waals surface area contributed by atoms with Gasteiger partial charge in [0, 0.05) is 36.0 Å². The van der Waals surface area contributed by atoms with Gasteiger partial charge in [-0.15, -0.1) is 11.8 Å². The van der Waals surface area contributed by atoms with Crippen LogP contribution in [0.25, 0.3) is 0 Å². The maximum Gasteiger partial charge on any atom is 0.230 e. The Labute approximate surface area is 167 Å². The third-order valence-electron chi connectivity index (χ3n) is 4.29. The molecule has 27 heavy (non-hydrogen) atoms. The molecule has 0 atom stereocenters. The maximum absolute atomic E-state index is 13.7. The molecule has 7 heteroatoms. The van der Waals surface area contributed by atoms with Gasteiger partial charge in [-0.1, -0.05) is 29.8 Å². The van der Waals surface area contributed by atoms with Crippen LogP contribution in [0.15, 0.2) is 42.5 Å². The third kappa shape index (κ3) is 5.47. The first kappa shape index (κ1) is 19.7. The quantitative estimate of drug-likeness (QED) is 0.751. The van der Waals surface area contributed by atoms with Gasteiger partial charge in [-0.05, 0) is 41.8 Å². The highest BCUT2D eigenvalue weighted by atomic mass is 35.5. The molecule has 1 N–H and O–H groups in total. The zero-order valence-electron chi connectivity index (χ0n) is 14.7. The lowest BCUT2D eigenvalue weighted by molar-refractivity contribution is -0.119. The van der Waals surface area contributed by atoms with Gasteiger partial charge in [-0.2, -0.15) is 0 Å². The van der Waals surface area contributed by atoms with Gasteiger partial charge >= 0.3 is 0 Å².